The Balaban J connectivity index is 2.01. The molecule has 1 N–H and O–H groups in total. The number of ether oxygens (including phenoxy) is 2. The van der Waals surface area contributed by atoms with E-state index in [9.17, 15) is 9.59 Å². The van der Waals surface area contributed by atoms with Gasteiger partial charge in [-0.25, -0.2) is 4.79 Å². The van der Waals surface area contributed by atoms with Crippen LogP contribution in [0.15, 0.2) is 57.7 Å². The number of fused-ring (bicyclic) bond motifs is 1. The summed E-state index contributed by atoms with van der Waals surface area (Å²) in [5.41, 5.74) is 0.477. The van der Waals surface area contributed by atoms with Crippen LogP contribution in [0, 0.1) is 0 Å². The van der Waals surface area contributed by atoms with Crippen LogP contribution in [0.25, 0.3) is 11.0 Å². The third-order valence-corrected chi connectivity index (χ3v) is 3.52. The van der Waals surface area contributed by atoms with E-state index >= 15 is 0 Å². The molecular weight excluding hydrogens is 310 g/mol. The Hall–Kier alpha value is -3.28. The molecule has 0 saturated carbocycles. The molecule has 0 aliphatic heterocycles. The minimum Gasteiger partial charge on any atom is -0.497 e. The molecule has 0 fully saturated rings. The summed E-state index contributed by atoms with van der Waals surface area (Å²) < 4.78 is 15.4. The van der Waals surface area contributed by atoms with Gasteiger partial charge in [0.2, 0.25) is 0 Å². The second-order valence-electron chi connectivity index (χ2n) is 5.03. The highest BCUT2D eigenvalue weighted by Gasteiger charge is 2.14. The van der Waals surface area contributed by atoms with E-state index < -0.39 is 11.5 Å². The molecule has 1 amide bonds. The molecule has 6 heteroatoms. The minimum absolute atomic E-state index is 0.228. The van der Waals surface area contributed by atoms with Gasteiger partial charge in [0.25, 0.3) is 5.91 Å². The van der Waals surface area contributed by atoms with Gasteiger partial charge in [0.05, 0.1) is 19.8 Å². The van der Waals surface area contributed by atoms with Crippen LogP contribution in [0.4, 0.5) is 5.69 Å². The van der Waals surface area contributed by atoms with Crippen LogP contribution in [-0.4, -0.2) is 20.1 Å². The molecule has 0 aliphatic rings. The Morgan fingerprint density at radius 1 is 1.00 bits per heavy atom. The summed E-state index contributed by atoms with van der Waals surface area (Å²) in [5, 5.41) is 3.27. The van der Waals surface area contributed by atoms with Crippen molar-refractivity contribution in [3.8, 4) is 11.5 Å². The van der Waals surface area contributed by atoms with E-state index in [-0.39, 0.29) is 11.1 Å². The molecule has 2 aromatic carbocycles. The van der Waals surface area contributed by atoms with E-state index in [0.29, 0.717) is 22.6 Å². The topological polar surface area (TPSA) is 77.8 Å². The molecule has 3 rings (SSSR count). The molecule has 24 heavy (non-hydrogen) atoms. The Kier molecular flexibility index (Phi) is 4.20. The molecule has 6 nitrogen and oxygen atoms in total. The van der Waals surface area contributed by atoms with Gasteiger partial charge in [-0.1, -0.05) is 6.07 Å². The average Bonchev–Trinajstić information content (AvgIpc) is 2.60. The van der Waals surface area contributed by atoms with Gasteiger partial charge in [0.1, 0.15) is 17.1 Å². The maximum Gasteiger partial charge on any atom is 0.337 e. The van der Waals surface area contributed by atoms with Gasteiger partial charge in [0, 0.05) is 29.3 Å². The first-order chi connectivity index (χ1) is 11.6. The fourth-order valence-electron chi connectivity index (χ4n) is 2.36. The lowest BCUT2D eigenvalue weighted by molar-refractivity contribution is 0.102. The zero-order chi connectivity index (χ0) is 17.1. The second-order valence-corrected chi connectivity index (χ2v) is 5.03. The number of carbonyl (C=O) groups is 1. The fraction of sp³-hybridized carbons (Fsp3) is 0.111. The molecule has 0 bridgehead atoms. The van der Waals surface area contributed by atoms with Crippen molar-refractivity contribution in [2.24, 2.45) is 0 Å². The van der Waals surface area contributed by atoms with Crippen molar-refractivity contribution in [1.29, 1.82) is 0 Å². The number of anilines is 1. The monoisotopic (exact) mass is 325 g/mol. The normalized spacial score (nSPS) is 10.4. The smallest absolute Gasteiger partial charge is 0.337 e. The summed E-state index contributed by atoms with van der Waals surface area (Å²) in [7, 11) is 3.06. The molecule has 0 atom stereocenters. The lowest BCUT2D eigenvalue weighted by Gasteiger charge is -2.09. The van der Waals surface area contributed by atoms with Gasteiger partial charge in [-0.05, 0) is 24.3 Å². The quantitative estimate of drug-likeness (QED) is 0.746. The van der Waals surface area contributed by atoms with Crippen LogP contribution in [0.2, 0.25) is 0 Å². The molecular formula is C18H15NO5. The minimum atomic E-state index is -0.605. The summed E-state index contributed by atoms with van der Waals surface area (Å²) in [6, 6.07) is 13.1. The van der Waals surface area contributed by atoms with Crippen molar-refractivity contribution in [1.82, 2.24) is 0 Å². The van der Waals surface area contributed by atoms with E-state index in [1.807, 2.05) is 0 Å². The molecule has 0 radical (unpaired) electrons. The largest absolute Gasteiger partial charge is 0.497 e. The number of hydrogen-bond acceptors (Lipinski definition) is 5. The molecule has 0 spiro atoms. The van der Waals surface area contributed by atoms with Crippen LogP contribution in [0.3, 0.4) is 0 Å². The third kappa shape index (κ3) is 3.08. The summed E-state index contributed by atoms with van der Waals surface area (Å²) in [6.07, 6.45) is 0. The highest BCUT2D eigenvalue weighted by atomic mass is 16.5. The Morgan fingerprint density at radius 3 is 2.50 bits per heavy atom. The molecule has 0 aliphatic carbocycles. The van der Waals surface area contributed by atoms with Crippen molar-refractivity contribution < 1.29 is 18.7 Å². The zero-order valence-corrected chi connectivity index (χ0v) is 13.2. The molecule has 1 aromatic heterocycles. The standard InChI is InChI=1S/C18H15NO5/c1-22-12-5-3-4-11(8-12)19-18(21)15-10-17(20)24-16-9-13(23-2)6-7-14(15)16/h3-10H,1-2H3,(H,19,21). The Labute approximate surface area is 137 Å². The first-order valence-corrected chi connectivity index (χ1v) is 7.18. The van der Waals surface area contributed by atoms with Crippen molar-refractivity contribution in [3.63, 3.8) is 0 Å². The van der Waals surface area contributed by atoms with Crippen molar-refractivity contribution in [3.05, 3.63) is 64.5 Å². The van der Waals surface area contributed by atoms with Gasteiger partial charge in [-0.3, -0.25) is 4.79 Å². The van der Waals surface area contributed by atoms with E-state index in [1.165, 1.54) is 13.2 Å². The summed E-state index contributed by atoms with van der Waals surface area (Å²) >= 11 is 0. The molecule has 0 unspecified atom stereocenters. The zero-order valence-electron chi connectivity index (χ0n) is 13.2. The predicted molar refractivity (Wildman–Crippen MR) is 90.0 cm³/mol. The van der Waals surface area contributed by atoms with Crippen molar-refractivity contribution in [2.45, 2.75) is 0 Å². The van der Waals surface area contributed by atoms with Crippen molar-refractivity contribution in [2.75, 3.05) is 19.5 Å². The molecule has 1 heterocycles. The average molecular weight is 325 g/mol. The summed E-state index contributed by atoms with van der Waals surface area (Å²) in [6.45, 7) is 0. The number of nitrogens with one attached hydrogen (secondary N) is 1. The number of amides is 1. The number of methoxy groups -OCH3 is 2. The number of rotatable bonds is 4. The summed E-state index contributed by atoms with van der Waals surface area (Å²) in [4.78, 5) is 24.3. The highest BCUT2D eigenvalue weighted by Crippen LogP contribution is 2.24. The lowest BCUT2D eigenvalue weighted by Crippen LogP contribution is -2.15. The van der Waals surface area contributed by atoms with Gasteiger partial charge < -0.3 is 19.2 Å². The number of carbonyl (C=O) groups excluding carboxylic acids is 1. The van der Waals surface area contributed by atoms with Crippen LogP contribution >= 0.6 is 0 Å². The Morgan fingerprint density at radius 2 is 1.75 bits per heavy atom. The van der Waals surface area contributed by atoms with Crippen LogP contribution in [0.5, 0.6) is 11.5 Å². The van der Waals surface area contributed by atoms with Gasteiger partial charge >= 0.3 is 5.63 Å². The van der Waals surface area contributed by atoms with Crippen LogP contribution in [0.1, 0.15) is 10.4 Å². The van der Waals surface area contributed by atoms with E-state index in [1.54, 1.807) is 49.6 Å². The number of hydrogen-bond donors (Lipinski definition) is 1. The van der Waals surface area contributed by atoms with Gasteiger partial charge in [-0.15, -0.1) is 0 Å². The molecule has 122 valence electrons. The first kappa shape index (κ1) is 15.6. The van der Waals surface area contributed by atoms with Gasteiger partial charge in [-0.2, -0.15) is 0 Å². The molecule has 0 saturated heterocycles. The number of benzene rings is 2. The van der Waals surface area contributed by atoms with Crippen LogP contribution in [-0.2, 0) is 0 Å². The van der Waals surface area contributed by atoms with E-state index in [4.69, 9.17) is 13.9 Å². The first-order valence-electron chi connectivity index (χ1n) is 7.18. The van der Waals surface area contributed by atoms with Gasteiger partial charge in [0.15, 0.2) is 0 Å². The van der Waals surface area contributed by atoms with E-state index in [2.05, 4.69) is 5.32 Å². The Bertz CT molecular complexity index is 961. The maximum absolute atomic E-state index is 12.6. The molecule has 3 aromatic rings. The van der Waals surface area contributed by atoms with E-state index in [0.717, 1.165) is 0 Å². The SMILES string of the molecule is COc1cccc(NC(=O)c2cc(=O)oc3cc(OC)ccc23)c1. The summed E-state index contributed by atoms with van der Waals surface area (Å²) in [5.74, 6) is 0.747. The maximum atomic E-state index is 12.6. The van der Waals surface area contributed by atoms with Crippen LogP contribution < -0.4 is 20.4 Å². The second kappa shape index (κ2) is 6.45. The third-order valence-electron chi connectivity index (χ3n) is 3.52. The lowest BCUT2D eigenvalue weighted by atomic mass is 10.1. The van der Waals surface area contributed by atoms with Crippen molar-refractivity contribution >= 4 is 22.6 Å². The fourth-order valence-corrected chi connectivity index (χ4v) is 2.36. The highest BCUT2D eigenvalue weighted by molar-refractivity contribution is 6.12. The predicted octanol–water partition coefficient (Wildman–Crippen LogP) is 3.06.